The van der Waals surface area contributed by atoms with E-state index >= 15 is 0 Å². The number of nitrogens with zero attached hydrogens (tertiary/aromatic N) is 1. The molecule has 5 heteroatoms. The molecule has 1 atom stereocenters. The van der Waals surface area contributed by atoms with E-state index < -0.39 is 0 Å². The second-order valence-corrected chi connectivity index (χ2v) is 6.98. The zero-order valence-electron chi connectivity index (χ0n) is 15.5. The van der Waals surface area contributed by atoms with Crippen molar-refractivity contribution in [1.29, 1.82) is 0 Å². The van der Waals surface area contributed by atoms with E-state index in [2.05, 4.69) is 34.7 Å². The molecule has 2 N–H and O–H groups in total. The van der Waals surface area contributed by atoms with E-state index in [1.807, 2.05) is 18.2 Å². The van der Waals surface area contributed by atoms with Gasteiger partial charge in [0.25, 0.3) is 0 Å². The highest BCUT2D eigenvalue weighted by atomic mass is 16.2. The number of hydrogen-bond donors (Lipinski definition) is 2. The lowest BCUT2D eigenvalue weighted by Gasteiger charge is -2.23. The van der Waals surface area contributed by atoms with Gasteiger partial charge in [0, 0.05) is 32.7 Å². The summed E-state index contributed by atoms with van der Waals surface area (Å²) < 4.78 is 0. The lowest BCUT2D eigenvalue weighted by Crippen LogP contribution is -2.50. The number of carbonyl (C=O) groups excluding carboxylic acids is 2. The molecule has 0 radical (unpaired) electrons. The Kier molecular flexibility index (Phi) is 7.76. The van der Waals surface area contributed by atoms with Gasteiger partial charge in [0.1, 0.15) is 6.04 Å². The second-order valence-electron chi connectivity index (χ2n) is 6.98. The van der Waals surface area contributed by atoms with Crippen LogP contribution in [0.3, 0.4) is 0 Å². The number of hydrogen-bond acceptors (Lipinski definition) is 3. The van der Waals surface area contributed by atoms with E-state index in [0.717, 1.165) is 45.1 Å². The van der Waals surface area contributed by atoms with Crippen molar-refractivity contribution in [2.45, 2.75) is 51.5 Å². The lowest BCUT2D eigenvalue weighted by atomic mass is 9.97. The molecule has 0 bridgehead atoms. The maximum absolute atomic E-state index is 12.4. The predicted molar refractivity (Wildman–Crippen MR) is 102 cm³/mol. The third-order valence-electron chi connectivity index (χ3n) is 4.93. The number of anilines is 1. The lowest BCUT2D eigenvalue weighted by molar-refractivity contribution is -0.129. The zero-order chi connectivity index (χ0) is 18.1. The van der Waals surface area contributed by atoms with Gasteiger partial charge in [0.05, 0.1) is 0 Å². The molecule has 2 amide bonds. The minimum absolute atomic E-state index is 0.0292. The van der Waals surface area contributed by atoms with Crippen molar-refractivity contribution in [3.05, 3.63) is 30.3 Å². The molecule has 0 aromatic heterocycles. The summed E-state index contributed by atoms with van der Waals surface area (Å²) in [6.07, 6.45) is 6.31. The van der Waals surface area contributed by atoms with E-state index in [1.54, 1.807) is 0 Å². The van der Waals surface area contributed by atoms with E-state index in [0.29, 0.717) is 6.54 Å². The van der Waals surface area contributed by atoms with Gasteiger partial charge in [-0.25, -0.2) is 0 Å². The number of carbonyl (C=O) groups is 2. The number of benzene rings is 1. The van der Waals surface area contributed by atoms with Crippen molar-refractivity contribution in [3.63, 3.8) is 0 Å². The third-order valence-corrected chi connectivity index (χ3v) is 4.93. The number of unbranched alkanes of at least 4 members (excludes halogenated alkanes) is 1. The van der Waals surface area contributed by atoms with Gasteiger partial charge in [-0.05, 0) is 43.7 Å². The molecule has 25 heavy (non-hydrogen) atoms. The molecular formula is C20H31N3O2. The van der Waals surface area contributed by atoms with Gasteiger partial charge >= 0.3 is 0 Å². The summed E-state index contributed by atoms with van der Waals surface area (Å²) in [6.45, 7) is 3.09. The van der Waals surface area contributed by atoms with Crippen LogP contribution in [0.5, 0.6) is 0 Å². The first-order valence-electron chi connectivity index (χ1n) is 9.39. The first-order valence-corrected chi connectivity index (χ1v) is 9.39. The summed E-state index contributed by atoms with van der Waals surface area (Å²) in [5.41, 5.74) is 1.21. The van der Waals surface area contributed by atoms with Crippen LogP contribution >= 0.6 is 0 Å². The minimum Gasteiger partial charge on any atom is -0.375 e. The van der Waals surface area contributed by atoms with Gasteiger partial charge in [-0.1, -0.05) is 31.0 Å². The quantitative estimate of drug-likeness (QED) is 0.677. The molecule has 1 aliphatic carbocycles. The first-order chi connectivity index (χ1) is 12.1. The number of rotatable bonds is 9. The largest absolute Gasteiger partial charge is 0.375 e. The Morgan fingerprint density at radius 2 is 1.84 bits per heavy atom. The molecule has 0 heterocycles. The summed E-state index contributed by atoms with van der Waals surface area (Å²) in [4.78, 5) is 26.1. The molecule has 0 aliphatic heterocycles. The van der Waals surface area contributed by atoms with E-state index in [9.17, 15) is 9.59 Å². The molecule has 1 aromatic carbocycles. The van der Waals surface area contributed by atoms with Crippen LogP contribution in [0.1, 0.15) is 45.4 Å². The molecule has 0 spiro atoms. The van der Waals surface area contributed by atoms with Gasteiger partial charge < -0.3 is 15.5 Å². The molecular weight excluding hydrogens is 314 g/mol. The summed E-state index contributed by atoms with van der Waals surface area (Å²) >= 11 is 0. The summed E-state index contributed by atoms with van der Waals surface area (Å²) in [6, 6.07) is 9.92. The molecule has 1 aliphatic rings. The van der Waals surface area contributed by atoms with Crippen molar-refractivity contribution < 1.29 is 9.59 Å². The molecule has 138 valence electrons. The molecule has 0 saturated heterocycles. The Bertz CT molecular complexity index is 541. The van der Waals surface area contributed by atoms with Gasteiger partial charge in [-0.3, -0.25) is 9.59 Å². The topological polar surface area (TPSA) is 61.4 Å². The van der Waals surface area contributed by atoms with Crippen molar-refractivity contribution in [2.75, 3.05) is 25.0 Å². The van der Waals surface area contributed by atoms with Crippen LogP contribution in [0.25, 0.3) is 0 Å². The molecule has 5 nitrogen and oxygen atoms in total. The Morgan fingerprint density at radius 3 is 2.48 bits per heavy atom. The predicted octanol–water partition coefficient (Wildman–Crippen LogP) is 2.71. The van der Waals surface area contributed by atoms with Crippen LogP contribution in [0, 0.1) is 5.92 Å². The second kappa shape index (κ2) is 10.1. The Balaban J connectivity index is 1.68. The maximum atomic E-state index is 12.4. The highest BCUT2D eigenvalue weighted by molar-refractivity contribution is 5.87. The molecule has 2 rings (SSSR count). The van der Waals surface area contributed by atoms with E-state index in [4.69, 9.17) is 0 Å². The van der Waals surface area contributed by atoms with E-state index in [-0.39, 0.29) is 23.8 Å². The van der Waals surface area contributed by atoms with E-state index in [1.165, 1.54) is 12.6 Å². The molecule has 1 fully saturated rings. The number of nitrogens with one attached hydrogen (secondary N) is 2. The maximum Gasteiger partial charge on any atom is 0.242 e. The van der Waals surface area contributed by atoms with Crippen LogP contribution in [0.15, 0.2) is 30.3 Å². The zero-order valence-corrected chi connectivity index (χ0v) is 15.5. The fourth-order valence-corrected chi connectivity index (χ4v) is 3.51. The Hall–Kier alpha value is -2.04. The fraction of sp³-hybridized carbons (Fsp3) is 0.600. The highest BCUT2D eigenvalue weighted by Gasteiger charge is 2.30. The van der Waals surface area contributed by atoms with Crippen molar-refractivity contribution >= 4 is 17.5 Å². The Morgan fingerprint density at radius 1 is 1.16 bits per heavy atom. The van der Waals surface area contributed by atoms with Crippen LogP contribution in [-0.2, 0) is 9.59 Å². The van der Waals surface area contributed by atoms with Gasteiger partial charge in [0.15, 0.2) is 0 Å². The van der Waals surface area contributed by atoms with Crippen LogP contribution in [0.4, 0.5) is 5.69 Å². The average Bonchev–Trinajstić information content (AvgIpc) is 3.14. The van der Waals surface area contributed by atoms with Gasteiger partial charge in [-0.15, -0.1) is 0 Å². The summed E-state index contributed by atoms with van der Waals surface area (Å²) in [7, 11) is 2.08. The standard InChI is InChI=1S/C20H31N3O2/c1-16(24)22-19(17-10-6-7-11-17)20(25)21-14-8-9-15-23(2)18-12-4-3-5-13-18/h3-5,12-13,17,19H,6-11,14-15H2,1-2H3,(H,21,25)(H,22,24). The summed E-state index contributed by atoms with van der Waals surface area (Å²) in [5.74, 6) is 0.128. The summed E-state index contributed by atoms with van der Waals surface area (Å²) in [5, 5.41) is 5.85. The fourth-order valence-electron chi connectivity index (χ4n) is 3.51. The monoisotopic (exact) mass is 345 g/mol. The minimum atomic E-state index is -0.369. The van der Waals surface area contributed by atoms with Crippen LogP contribution in [-0.4, -0.2) is 38.0 Å². The molecule has 1 saturated carbocycles. The smallest absolute Gasteiger partial charge is 0.242 e. The number of amides is 2. The molecule has 1 aromatic rings. The van der Waals surface area contributed by atoms with Crippen LogP contribution in [0.2, 0.25) is 0 Å². The Labute approximate surface area is 151 Å². The first kappa shape index (κ1) is 19.3. The number of para-hydroxylation sites is 1. The van der Waals surface area contributed by atoms with Crippen molar-refractivity contribution in [2.24, 2.45) is 5.92 Å². The average molecular weight is 345 g/mol. The van der Waals surface area contributed by atoms with Gasteiger partial charge in [0.2, 0.25) is 11.8 Å². The third kappa shape index (κ3) is 6.40. The van der Waals surface area contributed by atoms with Crippen LogP contribution < -0.4 is 15.5 Å². The van der Waals surface area contributed by atoms with Crippen molar-refractivity contribution in [1.82, 2.24) is 10.6 Å². The SMILES string of the molecule is CC(=O)NC(C(=O)NCCCCN(C)c1ccccc1)C1CCCC1. The van der Waals surface area contributed by atoms with Crippen molar-refractivity contribution in [3.8, 4) is 0 Å². The normalized spacial score (nSPS) is 15.6. The molecule has 1 unspecified atom stereocenters. The van der Waals surface area contributed by atoms with Gasteiger partial charge in [-0.2, -0.15) is 0 Å². The highest BCUT2D eigenvalue weighted by Crippen LogP contribution is 2.27.